The number of rotatable bonds is 11. The Bertz CT molecular complexity index is 1240. The van der Waals surface area contributed by atoms with E-state index in [1.165, 1.54) is 7.11 Å². The van der Waals surface area contributed by atoms with Gasteiger partial charge in [-0.1, -0.05) is 37.3 Å². The Labute approximate surface area is 202 Å². The second kappa shape index (κ2) is 11.0. The summed E-state index contributed by atoms with van der Waals surface area (Å²) in [6.07, 6.45) is 4.42. The van der Waals surface area contributed by atoms with Crippen molar-refractivity contribution < 1.29 is 18.3 Å². The van der Waals surface area contributed by atoms with Gasteiger partial charge in [0.15, 0.2) is 11.5 Å². The summed E-state index contributed by atoms with van der Waals surface area (Å²) in [4.78, 5) is 1.94. The number of ether oxygens (including phenoxy) is 2. The van der Waals surface area contributed by atoms with E-state index in [1.54, 1.807) is 18.3 Å². The molecule has 35 heavy (non-hydrogen) atoms. The molecule has 0 amide bonds. The maximum atomic E-state index is 12.8. The van der Waals surface area contributed by atoms with E-state index in [0.717, 1.165) is 28.9 Å². The van der Waals surface area contributed by atoms with Crippen molar-refractivity contribution in [1.29, 1.82) is 0 Å². The predicted octanol–water partition coefficient (Wildman–Crippen LogP) is 4.38. The molecule has 0 N–H and O–H groups in total. The second-order valence-corrected chi connectivity index (χ2v) is 8.05. The quantitative estimate of drug-likeness (QED) is 0.316. The zero-order valence-electron chi connectivity index (χ0n) is 19.9. The molecule has 2 aromatic carbocycles. The molecule has 10 heteroatoms. The van der Waals surface area contributed by atoms with Crippen LogP contribution in [0, 0.1) is 0 Å². The van der Waals surface area contributed by atoms with Crippen LogP contribution in [0.1, 0.15) is 29.4 Å². The van der Waals surface area contributed by atoms with E-state index in [-0.39, 0.29) is 11.5 Å². The topological polar surface area (TPSA) is 70.2 Å². The van der Waals surface area contributed by atoms with E-state index in [4.69, 9.17) is 4.74 Å². The van der Waals surface area contributed by atoms with Gasteiger partial charge in [-0.25, -0.2) is 0 Å². The Morgan fingerprint density at radius 2 is 1.77 bits per heavy atom. The number of anilines is 1. The maximum absolute atomic E-state index is 12.8. The molecule has 2 aromatic heterocycles. The number of nitrogens with zero attached hydrogens (tertiary/aromatic N) is 6. The predicted molar refractivity (Wildman–Crippen MR) is 128 cm³/mol. The fourth-order valence-corrected chi connectivity index (χ4v) is 3.99. The van der Waals surface area contributed by atoms with Crippen molar-refractivity contribution >= 4 is 5.95 Å². The standard InChI is InChI=1S/C25H28F2N6O2/c1-4-23-29-30-25(31(2)15-18-10-11-21(34-3)22(14-18)35-24(26)27)33(23)17-20-9-6-5-8-19(20)16-32-13-7-12-28-32/h5-14,24H,4,15-17H2,1-3H3. The van der Waals surface area contributed by atoms with E-state index in [0.29, 0.717) is 25.6 Å². The minimum atomic E-state index is -2.94. The summed E-state index contributed by atoms with van der Waals surface area (Å²) in [5.41, 5.74) is 3.07. The van der Waals surface area contributed by atoms with Gasteiger partial charge >= 0.3 is 6.61 Å². The highest BCUT2D eigenvalue weighted by molar-refractivity contribution is 5.44. The highest BCUT2D eigenvalue weighted by Crippen LogP contribution is 2.30. The lowest BCUT2D eigenvalue weighted by atomic mass is 10.1. The van der Waals surface area contributed by atoms with E-state index in [1.807, 2.05) is 54.0 Å². The van der Waals surface area contributed by atoms with Crippen molar-refractivity contribution in [2.24, 2.45) is 0 Å². The van der Waals surface area contributed by atoms with Gasteiger partial charge in [-0.15, -0.1) is 10.2 Å². The highest BCUT2D eigenvalue weighted by Gasteiger charge is 2.18. The van der Waals surface area contributed by atoms with Crippen molar-refractivity contribution in [3.05, 3.63) is 83.4 Å². The van der Waals surface area contributed by atoms with Crippen molar-refractivity contribution in [3.63, 3.8) is 0 Å². The molecule has 0 radical (unpaired) electrons. The van der Waals surface area contributed by atoms with Crippen LogP contribution in [0.3, 0.4) is 0 Å². The van der Waals surface area contributed by atoms with Gasteiger partial charge in [-0.3, -0.25) is 9.25 Å². The number of aryl methyl sites for hydroxylation is 1. The molecule has 0 unspecified atom stereocenters. The third-order valence-electron chi connectivity index (χ3n) is 5.67. The summed E-state index contributed by atoms with van der Waals surface area (Å²) in [5.74, 6) is 1.79. The molecule has 184 valence electrons. The van der Waals surface area contributed by atoms with Crippen LogP contribution in [0.5, 0.6) is 11.5 Å². The lowest BCUT2D eigenvalue weighted by molar-refractivity contribution is -0.0512. The van der Waals surface area contributed by atoms with E-state index >= 15 is 0 Å². The van der Waals surface area contributed by atoms with Crippen molar-refractivity contribution in [2.45, 2.75) is 39.6 Å². The minimum absolute atomic E-state index is 0.00309. The van der Waals surface area contributed by atoms with Crippen molar-refractivity contribution in [2.75, 3.05) is 19.1 Å². The minimum Gasteiger partial charge on any atom is -0.493 e. The maximum Gasteiger partial charge on any atom is 0.387 e. The first-order chi connectivity index (χ1) is 17.0. The van der Waals surface area contributed by atoms with E-state index < -0.39 is 6.61 Å². The summed E-state index contributed by atoms with van der Waals surface area (Å²) in [5, 5.41) is 13.2. The van der Waals surface area contributed by atoms with Gasteiger partial charge in [-0.2, -0.15) is 13.9 Å². The average Bonchev–Trinajstić information content (AvgIpc) is 3.50. The monoisotopic (exact) mass is 482 g/mol. The molecule has 0 atom stereocenters. The fourth-order valence-electron chi connectivity index (χ4n) is 3.99. The first-order valence-corrected chi connectivity index (χ1v) is 11.3. The van der Waals surface area contributed by atoms with Crippen LogP contribution < -0.4 is 14.4 Å². The molecule has 0 spiro atoms. The molecule has 4 rings (SSSR count). The molecule has 0 aliphatic rings. The Kier molecular flexibility index (Phi) is 7.59. The van der Waals surface area contributed by atoms with E-state index in [2.05, 4.69) is 36.7 Å². The van der Waals surface area contributed by atoms with Crippen LogP contribution in [-0.4, -0.2) is 45.3 Å². The normalized spacial score (nSPS) is 11.1. The number of alkyl halides is 2. The first kappa shape index (κ1) is 24.2. The molecule has 0 aliphatic heterocycles. The van der Waals surface area contributed by atoms with Gasteiger partial charge in [0.2, 0.25) is 5.95 Å². The zero-order valence-corrected chi connectivity index (χ0v) is 19.9. The molecular formula is C25H28F2N6O2. The molecular weight excluding hydrogens is 454 g/mol. The van der Waals surface area contributed by atoms with Crippen molar-refractivity contribution in [1.82, 2.24) is 24.5 Å². The number of methoxy groups -OCH3 is 1. The molecule has 8 nitrogen and oxygen atoms in total. The average molecular weight is 483 g/mol. The Hall–Kier alpha value is -3.95. The molecule has 0 aliphatic carbocycles. The Morgan fingerprint density at radius 1 is 1.00 bits per heavy atom. The largest absolute Gasteiger partial charge is 0.493 e. The number of hydrogen-bond acceptors (Lipinski definition) is 6. The molecule has 0 bridgehead atoms. The fraction of sp³-hybridized carbons (Fsp3) is 0.320. The summed E-state index contributed by atoms with van der Waals surface area (Å²) in [6, 6.07) is 15.1. The van der Waals surface area contributed by atoms with Gasteiger partial charge in [0.1, 0.15) is 5.82 Å². The summed E-state index contributed by atoms with van der Waals surface area (Å²) < 4.78 is 39.4. The second-order valence-electron chi connectivity index (χ2n) is 8.05. The van der Waals surface area contributed by atoms with Gasteiger partial charge < -0.3 is 14.4 Å². The summed E-state index contributed by atoms with van der Waals surface area (Å²) in [6.45, 7) is 0.776. The van der Waals surface area contributed by atoms with Gasteiger partial charge in [0, 0.05) is 32.4 Å². The van der Waals surface area contributed by atoms with Crippen molar-refractivity contribution in [3.8, 4) is 11.5 Å². The van der Waals surface area contributed by atoms with Gasteiger partial charge in [0.25, 0.3) is 0 Å². The van der Waals surface area contributed by atoms with Crippen LogP contribution in [0.25, 0.3) is 0 Å². The summed E-state index contributed by atoms with van der Waals surface area (Å²) in [7, 11) is 3.31. The van der Waals surface area contributed by atoms with Crippen LogP contribution in [0.2, 0.25) is 0 Å². The van der Waals surface area contributed by atoms with Gasteiger partial charge in [-0.05, 0) is 34.9 Å². The molecule has 2 heterocycles. The number of benzene rings is 2. The van der Waals surface area contributed by atoms with Crippen LogP contribution in [0.4, 0.5) is 14.7 Å². The molecule has 4 aromatic rings. The molecule has 0 fully saturated rings. The SMILES string of the molecule is CCc1nnc(N(C)Cc2ccc(OC)c(OC(F)F)c2)n1Cc1ccccc1Cn1cccn1. The van der Waals surface area contributed by atoms with E-state index in [9.17, 15) is 8.78 Å². The Balaban J connectivity index is 1.59. The van der Waals surface area contributed by atoms with Crippen LogP contribution in [-0.2, 0) is 26.1 Å². The lowest BCUT2D eigenvalue weighted by Crippen LogP contribution is -2.22. The Morgan fingerprint density at radius 3 is 2.43 bits per heavy atom. The van der Waals surface area contributed by atoms with Gasteiger partial charge in [0.05, 0.1) is 20.2 Å². The molecule has 0 saturated heterocycles. The van der Waals surface area contributed by atoms with Crippen LogP contribution in [0.15, 0.2) is 60.9 Å². The zero-order chi connectivity index (χ0) is 24.8. The lowest BCUT2D eigenvalue weighted by Gasteiger charge is -2.21. The first-order valence-electron chi connectivity index (χ1n) is 11.3. The third kappa shape index (κ3) is 5.76. The summed E-state index contributed by atoms with van der Waals surface area (Å²) >= 11 is 0. The molecule has 0 saturated carbocycles. The van der Waals surface area contributed by atoms with Crippen LogP contribution >= 0.6 is 0 Å². The number of hydrogen-bond donors (Lipinski definition) is 0. The smallest absolute Gasteiger partial charge is 0.387 e. The highest BCUT2D eigenvalue weighted by atomic mass is 19.3. The number of halogens is 2. The number of aromatic nitrogens is 5. The third-order valence-corrected chi connectivity index (χ3v) is 5.67.